The highest BCUT2D eigenvalue weighted by molar-refractivity contribution is 5.86. The Hall–Kier alpha value is -2.80. The number of carbonyl (C=O) groups excluding carboxylic acids is 1. The number of rotatable bonds is 4. The van der Waals surface area contributed by atoms with Gasteiger partial charge in [-0.25, -0.2) is 4.79 Å². The molecule has 0 aliphatic heterocycles. The summed E-state index contributed by atoms with van der Waals surface area (Å²) in [7, 11) is 0. The fourth-order valence-electron chi connectivity index (χ4n) is 1.57. The zero-order valence-corrected chi connectivity index (χ0v) is 11.0. The highest BCUT2D eigenvalue weighted by atomic mass is 16.5. The second-order valence-electron chi connectivity index (χ2n) is 4.20. The molecule has 0 spiro atoms. The summed E-state index contributed by atoms with van der Waals surface area (Å²) in [5.41, 5.74) is 1.41. The normalized spacial score (nSPS) is 10.4. The standard InChI is InChI=1S/C16H13NO3/c1-12-2-7-15(20-12)8-9-16(18)19-11-14-5-3-13(10-17)4-6-14/h2-9H,11H2,1H3/b9-8+. The number of nitrogens with zero attached hydrogens (tertiary/aromatic N) is 1. The molecule has 1 aromatic heterocycles. The Labute approximate surface area is 116 Å². The van der Waals surface area contributed by atoms with Crippen molar-refractivity contribution in [3.05, 3.63) is 65.1 Å². The average Bonchev–Trinajstić information content (AvgIpc) is 2.89. The molecule has 0 fully saturated rings. The molecule has 4 heteroatoms. The molecule has 0 bridgehead atoms. The van der Waals surface area contributed by atoms with E-state index in [1.807, 2.05) is 19.1 Å². The molecule has 1 aromatic carbocycles. The molecule has 100 valence electrons. The zero-order valence-electron chi connectivity index (χ0n) is 11.0. The molecule has 0 aliphatic rings. The van der Waals surface area contributed by atoms with Gasteiger partial charge in [-0.2, -0.15) is 5.26 Å². The lowest BCUT2D eigenvalue weighted by atomic mass is 10.2. The van der Waals surface area contributed by atoms with Crippen LogP contribution in [-0.2, 0) is 16.1 Å². The third kappa shape index (κ3) is 3.85. The van der Waals surface area contributed by atoms with E-state index in [0.29, 0.717) is 11.3 Å². The molecular weight excluding hydrogens is 254 g/mol. The zero-order chi connectivity index (χ0) is 14.4. The van der Waals surface area contributed by atoms with E-state index < -0.39 is 5.97 Å². The Morgan fingerprint density at radius 2 is 2.05 bits per heavy atom. The van der Waals surface area contributed by atoms with Gasteiger partial charge in [0.15, 0.2) is 0 Å². The van der Waals surface area contributed by atoms with Crippen molar-refractivity contribution < 1.29 is 13.9 Å². The second-order valence-corrected chi connectivity index (χ2v) is 4.20. The quantitative estimate of drug-likeness (QED) is 0.630. The summed E-state index contributed by atoms with van der Waals surface area (Å²) in [5.74, 6) is 0.955. The third-order valence-corrected chi connectivity index (χ3v) is 2.61. The SMILES string of the molecule is Cc1ccc(/C=C/C(=O)OCc2ccc(C#N)cc2)o1. The molecule has 0 saturated carbocycles. The molecule has 0 aliphatic carbocycles. The van der Waals surface area contributed by atoms with Crippen LogP contribution in [0.1, 0.15) is 22.6 Å². The van der Waals surface area contributed by atoms with Crippen molar-refractivity contribution >= 4 is 12.0 Å². The lowest BCUT2D eigenvalue weighted by Crippen LogP contribution is -2.00. The van der Waals surface area contributed by atoms with Gasteiger partial charge in [-0.15, -0.1) is 0 Å². The molecule has 2 rings (SSSR count). The topological polar surface area (TPSA) is 63.2 Å². The fraction of sp³-hybridized carbons (Fsp3) is 0.125. The summed E-state index contributed by atoms with van der Waals surface area (Å²) in [6.45, 7) is 2.01. The minimum absolute atomic E-state index is 0.173. The minimum atomic E-state index is -0.441. The van der Waals surface area contributed by atoms with Crippen LogP contribution in [0.25, 0.3) is 6.08 Å². The first kappa shape index (κ1) is 13.6. The van der Waals surface area contributed by atoms with Gasteiger partial charge in [-0.3, -0.25) is 0 Å². The molecule has 0 atom stereocenters. The van der Waals surface area contributed by atoms with Crippen molar-refractivity contribution in [3.8, 4) is 6.07 Å². The van der Waals surface area contributed by atoms with Crippen LogP contribution in [-0.4, -0.2) is 5.97 Å². The monoisotopic (exact) mass is 267 g/mol. The summed E-state index contributed by atoms with van der Waals surface area (Å²) in [4.78, 5) is 11.5. The Balaban J connectivity index is 1.85. The van der Waals surface area contributed by atoms with Crippen LogP contribution in [0.3, 0.4) is 0 Å². The summed E-state index contributed by atoms with van der Waals surface area (Å²) < 4.78 is 10.4. The summed E-state index contributed by atoms with van der Waals surface area (Å²) in [6, 6.07) is 12.5. The van der Waals surface area contributed by atoms with Gasteiger partial charge in [0.2, 0.25) is 0 Å². The van der Waals surface area contributed by atoms with Gasteiger partial charge in [0.25, 0.3) is 0 Å². The van der Waals surface area contributed by atoms with E-state index in [1.54, 1.807) is 36.4 Å². The molecule has 0 unspecified atom stereocenters. The summed E-state index contributed by atoms with van der Waals surface area (Å²) in [5, 5.41) is 8.67. The molecular formula is C16H13NO3. The second kappa shape index (κ2) is 6.39. The van der Waals surface area contributed by atoms with Gasteiger partial charge in [-0.05, 0) is 42.8 Å². The van der Waals surface area contributed by atoms with Gasteiger partial charge in [0.1, 0.15) is 18.1 Å². The van der Waals surface area contributed by atoms with Crippen molar-refractivity contribution in [2.75, 3.05) is 0 Å². The highest BCUT2D eigenvalue weighted by Crippen LogP contribution is 2.09. The Bertz CT molecular complexity index is 660. The number of hydrogen-bond acceptors (Lipinski definition) is 4. The number of carbonyl (C=O) groups is 1. The fourth-order valence-corrected chi connectivity index (χ4v) is 1.57. The van der Waals surface area contributed by atoms with Gasteiger partial charge >= 0.3 is 5.97 Å². The van der Waals surface area contributed by atoms with Crippen LogP contribution < -0.4 is 0 Å². The van der Waals surface area contributed by atoms with Crippen LogP contribution in [0.5, 0.6) is 0 Å². The first-order chi connectivity index (χ1) is 9.67. The van der Waals surface area contributed by atoms with Crippen molar-refractivity contribution in [2.24, 2.45) is 0 Å². The van der Waals surface area contributed by atoms with Crippen molar-refractivity contribution in [1.82, 2.24) is 0 Å². The molecule has 0 radical (unpaired) electrons. The summed E-state index contributed by atoms with van der Waals surface area (Å²) >= 11 is 0. The van der Waals surface area contributed by atoms with E-state index in [1.165, 1.54) is 6.08 Å². The smallest absolute Gasteiger partial charge is 0.331 e. The maximum atomic E-state index is 11.5. The minimum Gasteiger partial charge on any atom is -0.462 e. The number of hydrogen-bond donors (Lipinski definition) is 0. The first-order valence-corrected chi connectivity index (χ1v) is 6.08. The number of aryl methyl sites for hydroxylation is 1. The van der Waals surface area contributed by atoms with Gasteiger partial charge in [-0.1, -0.05) is 12.1 Å². The van der Waals surface area contributed by atoms with Crippen molar-refractivity contribution in [2.45, 2.75) is 13.5 Å². The lowest BCUT2D eigenvalue weighted by molar-refractivity contribution is -0.138. The Morgan fingerprint density at radius 3 is 2.65 bits per heavy atom. The van der Waals surface area contributed by atoms with E-state index >= 15 is 0 Å². The van der Waals surface area contributed by atoms with Crippen LogP contribution in [0.2, 0.25) is 0 Å². The molecule has 4 nitrogen and oxygen atoms in total. The lowest BCUT2D eigenvalue weighted by Gasteiger charge is -2.01. The van der Waals surface area contributed by atoms with Crippen LogP contribution >= 0.6 is 0 Å². The van der Waals surface area contributed by atoms with Gasteiger partial charge in [0, 0.05) is 6.08 Å². The number of furan rings is 1. The number of benzene rings is 1. The number of nitriles is 1. The van der Waals surface area contributed by atoms with Gasteiger partial charge < -0.3 is 9.15 Å². The molecule has 0 N–H and O–H groups in total. The maximum Gasteiger partial charge on any atom is 0.331 e. The third-order valence-electron chi connectivity index (χ3n) is 2.61. The highest BCUT2D eigenvalue weighted by Gasteiger charge is 2.00. The molecule has 2 aromatic rings. The van der Waals surface area contributed by atoms with Gasteiger partial charge in [0.05, 0.1) is 11.6 Å². The largest absolute Gasteiger partial charge is 0.462 e. The van der Waals surface area contributed by atoms with E-state index in [2.05, 4.69) is 0 Å². The van der Waals surface area contributed by atoms with Crippen molar-refractivity contribution in [3.63, 3.8) is 0 Å². The van der Waals surface area contributed by atoms with E-state index in [4.69, 9.17) is 14.4 Å². The average molecular weight is 267 g/mol. The Morgan fingerprint density at radius 1 is 1.30 bits per heavy atom. The molecule has 0 saturated heterocycles. The van der Waals surface area contributed by atoms with Crippen LogP contribution in [0.15, 0.2) is 46.9 Å². The molecule has 1 heterocycles. The van der Waals surface area contributed by atoms with E-state index in [0.717, 1.165) is 11.3 Å². The molecule has 0 amide bonds. The van der Waals surface area contributed by atoms with E-state index in [-0.39, 0.29) is 6.61 Å². The molecule has 20 heavy (non-hydrogen) atoms. The predicted octanol–water partition coefficient (Wildman–Crippen LogP) is 3.22. The Kier molecular flexibility index (Phi) is 4.35. The van der Waals surface area contributed by atoms with E-state index in [9.17, 15) is 4.79 Å². The number of ether oxygens (including phenoxy) is 1. The maximum absolute atomic E-state index is 11.5. The first-order valence-electron chi connectivity index (χ1n) is 6.08. The predicted molar refractivity (Wildman–Crippen MR) is 73.4 cm³/mol. The summed E-state index contributed by atoms with van der Waals surface area (Å²) in [6.07, 6.45) is 2.88. The number of esters is 1. The van der Waals surface area contributed by atoms with Crippen LogP contribution in [0.4, 0.5) is 0 Å². The van der Waals surface area contributed by atoms with Crippen LogP contribution in [0, 0.1) is 18.3 Å². The van der Waals surface area contributed by atoms with Crippen molar-refractivity contribution in [1.29, 1.82) is 5.26 Å².